The number of nitrogens with zero attached hydrogens (tertiary/aromatic N) is 2. The number of hydrogen-bond acceptors (Lipinski definition) is 3. The molecule has 0 aliphatic rings. The number of furan rings is 1. The Morgan fingerprint density at radius 3 is 2.47 bits per heavy atom. The molecule has 0 aromatic carbocycles. The number of likely N-dealkylation sites (N-methyl/N-ethyl adjacent to an activating group) is 1. The average Bonchev–Trinajstić information content (AvgIpc) is 2.77. The standard InChI is InChI=1S/C11H20N4O.HI/c1-3-15(4-2)9(8-14-11(12)13)10-6-5-7-16-10;/h5-7,9H,3-4,8H2,1-2H3,(H4,12,13,14);1H. The van der Waals surface area contributed by atoms with Crippen LogP contribution in [0.25, 0.3) is 0 Å². The van der Waals surface area contributed by atoms with Crippen LogP contribution in [-0.2, 0) is 0 Å². The lowest BCUT2D eigenvalue weighted by Crippen LogP contribution is -2.32. The third-order valence-corrected chi connectivity index (χ3v) is 2.57. The molecular formula is C11H21IN4O. The van der Waals surface area contributed by atoms with E-state index in [0.29, 0.717) is 6.54 Å². The fraction of sp³-hybridized carbons (Fsp3) is 0.545. The lowest BCUT2D eigenvalue weighted by atomic mass is 10.2. The van der Waals surface area contributed by atoms with Gasteiger partial charge in [-0.05, 0) is 25.2 Å². The van der Waals surface area contributed by atoms with Crippen LogP contribution in [0.2, 0.25) is 0 Å². The van der Waals surface area contributed by atoms with Gasteiger partial charge >= 0.3 is 0 Å². The van der Waals surface area contributed by atoms with Gasteiger partial charge in [0, 0.05) is 0 Å². The van der Waals surface area contributed by atoms with Crippen LogP contribution in [0.5, 0.6) is 0 Å². The van der Waals surface area contributed by atoms with E-state index in [0.717, 1.165) is 18.8 Å². The molecular weight excluding hydrogens is 331 g/mol. The summed E-state index contributed by atoms with van der Waals surface area (Å²) in [6.07, 6.45) is 1.67. The monoisotopic (exact) mass is 352 g/mol. The largest absolute Gasteiger partial charge is 0.468 e. The van der Waals surface area contributed by atoms with Gasteiger partial charge in [0.25, 0.3) is 0 Å². The summed E-state index contributed by atoms with van der Waals surface area (Å²) in [7, 11) is 0. The summed E-state index contributed by atoms with van der Waals surface area (Å²) in [5.74, 6) is 1.01. The average molecular weight is 352 g/mol. The Hall–Kier alpha value is -0.760. The van der Waals surface area contributed by atoms with Gasteiger partial charge in [-0.25, -0.2) is 0 Å². The van der Waals surface area contributed by atoms with E-state index in [9.17, 15) is 0 Å². The molecule has 0 bridgehead atoms. The first-order chi connectivity index (χ1) is 7.69. The van der Waals surface area contributed by atoms with Gasteiger partial charge in [0.15, 0.2) is 5.96 Å². The molecule has 1 aromatic rings. The smallest absolute Gasteiger partial charge is 0.185 e. The van der Waals surface area contributed by atoms with Crippen LogP contribution in [0.4, 0.5) is 0 Å². The molecule has 0 saturated heterocycles. The molecule has 0 aliphatic carbocycles. The van der Waals surface area contributed by atoms with E-state index in [1.807, 2.05) is 12.1 Å². The minimum Gasteiger partial charge on any atom is -0.468 e. The summed E-state index contributed by atoms with van der Waals surface area (Å²) < 4.78 is 5.42. The zero-order chi connectivity index (χ0) is 12.0. The van der Waals surface area contributed by atoms with E-state index in [1.54, 1.807) is 6.26 Å². The molecule has 98 valence electrons. The first kappa shape index (κ1) is 16.2. The highest BCUT2D eigenvalue weighted by atomic mass is 127. The van der Waals surface area contributed by atoms with Crippen molar-refractivity contribution in [2.24, 2.45) is 16.5 Å². The summed E-state index contributed by atoms with van der Waals surface area (Å²) in [6, 6.07) is 3.93. The number of rotatable bonds is 6. The molecule has 0 amide bonds. The normalized spacial score (nSPS) is 11.9. The van der Waals surface area contributed by atoms with Crippen molar-refractivity contribution in [3.05, 3.63) is 24.2 Å². The van der Waals surface area contributed by atoms with Crippen molar-refractivity contribution < 1.29 is 4.42 Å². The van der Waals surface area contributed by atoms with Crippen molar-refractivity contribution in [3.8, 4) is 0 Å². The minimum atomic E-state index is 0. The van der Waals surface area contributed by atoms with Gasteiger partial charge < -0.3 is 15.9 Å². The van der Waals surface area contributed by atoms with Crippen molar-refractivity contribution in [2.75, 3.05) is 19.6 Å². The third kappa shape index (κ3) is 4.95. The van der Waals surface area contributed by atoms with Gasteiger partial charge in [-0.3, -0.25) is 9.89 Å². The van der Waals surface area contributed by atoms with E-state index in [4.69, 9.17) is 15.9 Å². The highest BCUT2D eigenvalue weighted by molar-refractivity contribution is 14.0. The summed E-state index contributed by atoms with van der Waals surface area (Å²) in [4.78, 5) is 6.32. The first-order valence-electron chi connectivity index (χ1n) is 5.51. The number of aliphatic imine (C=N–C) groups is 1. The van der Waals surface area contributed by atoms with Crippen LogP contribution in [0.1, 0.15) is 25.6 Å². The molecule has 1 aromatic heterocycles. The second kappa shape index (κ2) is 8.35. The topological polar surface area (TPSA) is 80.8 Å². The SMILES string of the molecule is CCN(CC)C(CN=C(N)N)c1ccco1.I. The highest BCUT2D eigenvalue weighted by Gasteiger charge is 2.19. The van der Waals surface area contributed by atoms with Crippen LogP contribution in [0.15, 0.2) is 27.8 Å². The van der Waals surface area contributed by atoms with Crippen molar-refractivity contribution in [1.29, 1.82) is 0 Å². The Balaban J connectivity index is 0.00000256. The molecule has 0 radical (unpaired) electrons. The number of nitrogens with two attached hydrogens (primary N) is 2. The highest BCUT2D eigenvalue weighted by Crippen LogP contribution is 2.21. The molecule has 0 spiro atoms. The van der Waals surface area contributed by atoms with Gasteiger partial charge in [-0.2, -0.15) is 0 Å². The predicted octanol–water partition coefficient (Wildman–Crippen LogP) is 1.55. The molecule has 0 aliphatic heterocycles. The molecule has 1 atom stereocenters. The van der Waals surface area contributed by atoms with E-state index in [2.05, 4.69) is 23.7 Å². The Kier molecular flexibility index (Phi) is 7.98. The maximum absolute atomic E-state index is 5.42. The van der Waals surface area contributed by atoms with E-state index in [-0.39, 0.29) is 36.0 Å². The molecule has 5 nitrogen and oxygen atoms in total. The zero-order valence-corrected chi connectivity index (χ0v) is 12.6. The zero-order valence-electron chi connectivity index (χ0n) is 10.3. The number of hydrogen-bond donors (Lipinski definition) is 2. The van der Waals surface area contributed by atoms with Crippen molar-refractivity contribution in [1.82, 2.24) is 4.90 Å². The van der Waals surface area contributed by atoms with Gasteiger partial charge in [0.2, 0.25) is 0 Å². The Morgan fingerprint density at radius 2 is 2.06 bits per heavy atom. The Labute approximate surface area is 119 Å². The second-order valence-corrected chi connectivity index (χ2v) is 3.52. The van der Waals surface area contributed by atoms with Gasteiger partial charge in [-0.1, -0.05) is 13.8 Å². The molecule has 0 saturated carbocycles. The fourth-order valence-corrected chi connectivity index (χ4v) is 1.72. The van der Waals surface area contributed by atoms with Crippen LogP contribution in [-0.4, -0.2) is 30.5 Å². The summed E-state index contributed by atoms with van der Waals surface area (Å²) in [5, 5.41) is 0. The Bertz CT molecular complexity index is 318. The molecule has 0 fully saturated rings. The van der Waals surface area contributed by atoms with Gasteiger partial charge in [0.05, 0.1) is 18.8 Å². The number of guanidine groups is 1. The Morgan fingerprint density at radius 1 is 1.41 bits per heavy atom. The van der Waals surface area contributed by atoms with Gasteiger partial charge in [-0.15, -0.1) is 24.0 Å². The van der Waals surface area contributed by atoms with E-state index >= 15 is 0 Å². The van der Waals surface area contributed by atoms with Crippen LogP contribution >= 0.6 is 24.0 Å². The van der Waals surface area contributed by atoms with Crippen molar-refractivity contribution >= 4 is 29.9 Å². The molecule has 17 heavy (non-hydrogen) atoms. The summed E-state index contributed by atoms with van der Waals surface area (Å²) >= 11 is 0. The van der Waals surface area contributed by atoms with Crippen LogP contribution in [0.3, 0.4) is 0 Å². The summed E-state index contributed by atoms with van der Waals surface area (Å²) in [6.45, 7) is 6.60. The second-order valence-electron chi connectivity index (χ2n) is 3.52. The molecule has 1 heterocycles. The maximum atomic E-state index is 5.42. The van der Waals surface area contributed by atoms with Crippen molar-refractivity contribution in [2.45, 2.75) is 19.9 Å². The lowest BCUT2D eigenvalue weighted by Gasteiger charge is -2.26. The molecule has 1 rings (SSSR count). The van der Waals surface area contributed by atoms with Crippen molar-refractivity contribution in [3.63, 3.8) is 0 Å². The fourth-order valence-electron chi connectivity index (χ4n) is 1.72. The summed E-state index contributed by atoms with van der Waals surface area (Å²) in [5.41, 5.74) is 10.7. The maximum Gasteiger partial charge on any atom is 0.185 e. The van der Waals surface area contributed by atoms with Crippen LogP contribution in [0, 0.1) is 0 Å². The van der Waals surface area contributed by atoms with E-state index in [1.165, 1.54) is 0 Å². The molecule has 4 N–H and O–H groups in total. The van der Waals surface area contributed by atoms with Gasteiger partial charge in [0.1, 0.15) is 5.76 Å². The lowest BCUT2D eigenvalue weighted by molar-refractivity contribution is 0.198. The number of halogens is 1. The third-order valence-electron chi connectivity index (χ3n) is 2.57. The van der Waals surface area contributed by atoms with Crippen LogP contribution < -0.4 is 11.5 Å². The molecule has 1 unspecified atom stereocenters. The van der Waals surface area contributed by atoms with E-state index < -0.39 is 0 Å². The first-order valence-corrected chi connectivity index (χ1v) is 5.51. The minimum absolute atomic E-state index is 0. The quantitative estimate of drug-likeness (QED) is 0.463. The predicted molar refractivity (Wildman–Crippen MR) is 80.5 cm³/mol. The molecule has 6 heteroatoms.